The van der Waals surface area contributed by atoms with Gasteiger partial charge in [-0.25, -0.2) is 0 Å². The van der Waals surface area contributed by atoms with E-state index in [0.29, 0.717) is 17.4 Å². The van der Waals surface area contributed by atoms with Crippen molar-refractivity contribution in [2.24, 2.45) is 0 Å². The fraction of sp³-hybridized carbons (Fsp3) is 0.778. The summed E-state index contributed by atoms with van der Waals surface area (Å²) < 4.78 is 5.85. The first-order valence-electron chi connectivity index (χ1n) is 8.55. The van der Waals surface area contributed by atoms with Gasteiger partial charge in [0, 0.05) is 18.8 Å². The number of hydrogen-bond donors (Lipinski definition) is 0. The van der Waals surface area contributed by atoms with Crippen LogP contribution in [0.25, 0.3) is 0 Å². The second kappa shape index (κ2) is 12.1. The first kappa shape index (κ1) is 21.6. The molecule has 0 aliphatic rings. The van der Waals surface area contributed by atoms with Gasteiger partial charge in [-0.3, -0.25) is 4.79 Å². The molecule has 5 nitrogen and oxygen atoms in total. The molecule has 1 unspecified atom stereocenters. The maximum absolute atomic E-state index is 11.8. The van der Waals surface area contributed by atoms with Crippen molar-refractivity contribution in [1.82, 2.24) is 0 Å². The largest absolute Gasteiger partial charge is 0.550 e. The number of nitrogens with zero attached hydrogens (tertiary/aromatic N) is 1. The van der Waals surface area contributed by atoms with Crippen LogP contribution in [0.1, 0.15) is 58.3 Å². The second-order valence-electron chi connectivity index (χ2n) is 7.04. The number of carbonyl (C=O) groups excluding carboxylic acids is 2. The molecule has 0 rings (SSSR count). The van der Waals surface area contributed by atoms with Crippen LogP contribution in [0.3, 0.4) is 0 Å². The van der Waals surface area contributed by atoms with E-state index in [4.69, 9.17) is 4.74 Å². The van der Waals surface area contributed by atoms with Crippen molar-refractivity contribution in [3.05, 3.63) is 12.2 Å². The maximum atomic E-state index is 11.8. The molecule has 0 aromatic carbocycles. The van der Waals surface area contributed by atoms with Gasteiger partial charge in [0.05, 0.1) is 21.1 Å². The van der Waals surface area contributed by atoms with Crippen LogP contribution in [0, 0.1) is 0 Å². The van der Waals surface area contributed by atoms with Gasteiger partial charge in [0.2, 0.25) is 0 Å². The van der Waals surface area contributed by atoms with Gasteiger partial charge in [-0.1, -0.05) is 31.4 Å². The Labute approximate surface area is 140 Å². The van der Waals surface area contributed by atoms with Crippen LogP contribution in [0.2, 0.25) is 0 Å². The average molecular weight is 327 g/mol. The van der Waals surface area contributed by atoms with Gasteiger partial charge in [-0.05, 0) is 26.2 Å². The summed E-state index contributed by atoms with van der Waals surface area (Å²) >= 11 is 0. The zero-order valence-corrected chi connectivity index (χ0v) is 15.2. The number of carbonyl (C=O) groups is 2. The summed E-state index contributed by atoms with van der Waals surface area (Å²) in [6.45, 7) is 2.49. The van der Waals surface area contributed by atoms with Crippen molar-refractivity contribution in [3.8, 4) is 0 Å². The molecule has 23 heavy (non-hydrogen) atoms. The summed E-state index contributed by atoms with van der Waals surface area (Å²) in [5.41, 5.74) is 0. The monoisotopic (exact) mass is 327 g/mol. The normalized spacial score (nSPS) is 13.2. The van der Waals surface area contributed by atoms with E-state index in [1.165, 1.54) is 12.8 Å². The van der Waals surface area contributed by atoms with Crippen molar-refractivity contribution in [3.63, 3.8) is 0 Å². The Morgan fingerprint density at radius 3 is 2.26 bits per heavy atom. The summed E-state index contributed by atoms with van der Waals surface area (Å²) in [5, 5.41) is 10.8. The van der Waals surface area contributed by atoms with Crippen LogP contribution in [0.5, 0.6) is 0 Å². The number of allylic oxidation sites excluding steroid dienone is 2. The highest BCUT2D eigenvalue weighted by Crippen LogP contribution is 2.10. The zero-order chi connectivity index (χ0) is 17.7. The highest BCUT2D eigenvalue weighted by molar-refractivity contribution is 5.70. The molecule has 0 amide bonds. The topological polar surface area (TPSA) is 66.4 Å². The van der Waals surface area contributed by atoms with Crippen LogP contribution < -0.4 is 5.11 Å². The second-order valence-corrected chi connectivity index (χ2v) is 7.04. The van der Waals surface area contributed by atoms with E-state index in [1.807, 2.05) is 28.1 Å². The van der Waals surface area contributed by atoms with Crippen LogP contribution in [0.15, 0.2) is 12.2 Å². The Hall–Kier alpha value is -1.36. The number of unbranched alkanes of at least 4 members (excludes halogenated alkanes) is 5. The predicted octanol–water partition coefficient (Wildman–Crippen LogP) is 2.05. The van der Waals surface area contributed by atoms with E-state index in [0.717, 1.165) is 25.7 Å². The summed E-state index contributed by atoms with van der Waals surface area (Å²) in [7, 11) is 5.80. The molecular weight excluding hydrogens is 294 g/mol. The van der Waals surface area contributed by atoms with E-state index in [-0.39, 0.29) is 12.4 Å². The molecule has 0 aromatic rings. The lowest BCUT2D eigenvalue weighted by Gasteiger charge is -2.29. The molecule has 0 N–H and O–H groups in total. The maximum Gasteiger partial charge on any atom is 0.306 e. The van der Waals surface area contributed by atoms with Gasteiger partial charge in [0.15, 0.2) is 6.10 Å². The average Bonchev–Trinajstić information content (AvgIpc) is 2.39. The standard InChI is InChI=1S/C18H33NO4/c1-5-6-7-8-9-10-11-12-13-18(22)23-16(14-17(20)21)15-19(2,3)4/h5-6,16H,7-15H2,1-4H3/b6-5+. The van der Waals surface area contributed by atoms with Gasteiger partial charge in [-0.2, -0.15) is 0 Å². The lowest BCUT2D eigenvalue weighted by atomic mass is 10.1. The molecule has 0 aliphatic carbocycles. The van der Waals surface area contributed by atoms with Crippen LogP contribution in [-0.2, 0) is 14.3 Å². The fourth-order valence-corrected chi connectivity index (χ4v) is 2.41. The molecule has 1 atom stereocenters. The molecule has 0 radical (unpaired) electrons. The van der Waals surface area contributed by atoms with Gasteiger partial charge < -0.3 is 19.1 Å². The minimum atomic E-state index is -1.18. The third kappa shape index (κ3) is 15.3. The molecule has 0 aromatic heterocycles. The smallest absolute Gasteiger partial charge is 0.306 e. The number of likely N-dealkylation sites (N-methyl/N-ethyl adjacent to an activating group) is 1. The molecule has 0 saturated heterocycles. The SMILES string of the molecule is C/C=C/CCCCCCCC(=O)OC(CC(=O)[O-])C[N+](C)(C)C. The van der Waals surface area contributed by atoms with Gasteiger partial charge >= 0.3 is 5.97 Å². The third-order valence-electron chi connectivity index (χ3n) is 3.43. The molecule has 0 aliphatic heterocycles. The third-order valence-corrected chi connectivity index (χ3v) is 3.43. The number of quaternary nitrogens is 1. The van der Waals surface area contributed by atoms with Crippen molar-refractivity contribution < 1.29 is 23.9 Å². The molecular formula is C18H33NO4. The van der Waals surface area contributed by atoms with Crippen molar-refractivity contribution in [2.75, 3.05) is 27.7 Å². The Bertz CT molecular complexity index is 372. The van der Waals surface area contributed by atoms with Crippen molar-refractivity contribution in [1.29, 1.82) is 0 Å². The lowest BCUT2D eigenvalue weighted by Crippen LogP contribution is -2.45. The predicted molar refractivity (Wildman–Crippen MR) is 89.5 cm³/mol. The molecule has 0 fully saturated rings. The summed E-state index contributed by atoms with van der Waals surface area (Å²) in [6.07, 6.45) is 10.1. The minimum Gasteiger partial charge on any atom is -0.550 e. The molecule has 0 spiro atoms. The molecule has 134 valence electrons. The summed E-state index contributed by atoms with van der Waals surface area (Å²) in [5.74, 6) is -1.49. The Morgan fingerprint density at radius 2 is 1.70 bits per heavy atom. The van der Waals surface area contributed by atoms with Crippen LogP contribution >= 0.6 is 0 Å². The van der Waals surface area contributed by atoms with E-state index in [2.05, 4.69) is 12.2 Å². The van der Waals surface area contributed by atoms with Gasteiger partial charge in [-0.15, -0.1) is 0 Å². The number of rotatable bonds is 13. The highest BCUT2D eigenvalue weighted by atomic mass is 16.5. The first-order chi connectivity index (χ1) is 10.7. The number of aliphatic carboxylic acids is 1. The fourth-order valence-electron chi connectivity index (χ4n) is 2.41. The molecule has 0 saturated carbocycles. The molecule has 5 heteroatoms. The number of carboxylic acids is 1. The zero-order valence-electron chi connectivity index (χ0n) is 15.2. The van der Waals surface area contributed by atoms with Crippen LogP contribution in [0.4, 0.5) is 0 Å². The summed E-state index contributed by atoms with van der Waals surface area (Å²) in [4.78, 5) is 22.6. The molecule has 0 heterocycles. The van der Waals surface area contributed by atoms with Gasteiger partial charge in [0.1, 0.15) is 6.54 Å². The quantitative estimate of drug-likeness (QED) is 0.225. The number of esters is 1. The highest BCUT2D eigenvalue weighted by Gasteiger charge is 2.22. The Kier molecular flexibility index (Phi) is 11.4. The van der Waals surface area contributed by atoms with Crippen LogP contribution in [-0.4, -0.2) is 50.2 Å². The van der Waals surface area contributed by atoms with E-state index >= 15 is 0 Å². The van der Waals surface area contributed by atoms with Crippen molar-refractivity contribution >= 4 is 11.9 Å². The number of hydrogen-bond acceptors (Lipinski definition) is 4. The first-order valence-corrected chi connectivity index (χ1v) is 8.55. The minimum absolute atomic E-state index is 0.244. The number of carboxylic acid groups (broad SMARTS) is 1. The van der Waals surface area contributed by atoms with E-state index in [9.17, 15) is 14.7 Å². The Balaban J connectivity index is 3.92. The lowest BCUT2D eigenvalue weighted by molar-refractivity contribution is -0.873. The summed E-state index contributed by atoms with van der Waals surface area (Å²) in [6, 6.07) is 0. The number of ether oxygens (including phenoxy) is 1. The Morgan fingerprint density at radius 1 is 1.09 bits per heavy atom. The molecule has 0 bridgehead atoms. The van der Waals surface area contributed by atoms with E-state index < -0.39 is 12.1 Å². The van der Waals surface area contributed by atoms with Gasteiger partial charge in [0.25, 0.3) is 0 Å². The van der Waals surface area contributed by atoms with E-state index in [1.54, 1.807) is 0 Å². The van der Waals surface area contributed by atoms with Crippen molar-refractivity contribution in [2.45, 2.75) is 64.4 Å².